The van der Waals surface area contributed by atoms with Crippen LogP contribution in [0, 0.1) is 6.92 Å². The van der Waals surface area contributed by atoms with Gasteiger partial charge in [-0.2, -0.15) is 0 Å². The maximum Gasteiger partial charge on any atom is 0.193 e. The van der Waals surface area contributed by atoms with Crippen LogP contribution in [0.1, 0.15) is 16.7 Å². The minimum absolute atomic E-state index is 0. The highest BCUT2D eigenvalue weighted by molar-refractivity contribution is 14.0. The van der Waals surface area contributed by atoms with Gasteiger partial charge in [0.25, 0.3) is 0 Å². The first-order valence-electron chi connectivity index (χ1n) is 9.94. The topological polar surface area (TPSA) is 68.2 Å². The average Bonchev–Trinajstić information content (AvgIpc) is 3.28. The summed E-state index contributed by atoms with van der Waals surface area (Å²) in [7, 11) is 0. The zero-order chi connectivity index (χ0) is 20.8. The fourth-order valence-electron chi connectivity index (χ4n) is 3.32. The van der Waals surface area contributed by atoms with Crippen LogP contribution in [0.3, 0.4) is 0 Å². The van der Waals surface area contributed by atoms with Crippen molar-refractivity contribution < 1.29 is 0 Å². The van der Waals surface area contributed by atoms with Gasteiger partial charge in [0.1, 0.15) is 0 Å². The Morgan fingerprint density at radius 3 is 2.45 bits per heavy atom. The van der Waals surface area contributed by atoms with Crippen LogP contribution in [-0.4, -0.2) is 15.5 Å². The van der Waals surface area contributed by atoms with Crippen LogP contribution in [-0.2, 0) is 13.1 Å². The van der Waals surface area contributed by atoms with E-state index in [2.05, 4.69) is 69.2 Å². The Morgan fingerprint density at radius 2 is 1.74 bits per heavy atom. The molecule has 1 heterocycles. The SMILES string of the molecule is Cc1ccc(NC(N)=NCc2ccccc2-c2ccc(Cn3ccnc3)cc2)cc1.I. The number of aliphatic imine (C=N–C) groups is 1. The summed E-state index contributed by atoms with van der Waals surface area (Å²) in [6, 6.07) is 25.0. The van der Waals surface area contributed by atoms with Crippen molar-refractivity contribution in [1.82, 2.24) is 9.55 Å². The molecule has 158 valence electrons. The van der Waals surface area contributed by atoms with Crippen LogP contribution in [0.4, 0.5) is 5.69 Å². The smallest absolute Gasteiger partial charge is 0.193 e. The molecule has 3 N–H and O–H groups in total. The Bertz CT molecular complexity index is 1120. The van der Waals surface area contributed by atoms with E-state index in [0.29, 0.717) is 12.5 Å². The molecule has 0 amide bonds. The molecule has 6 heteroatoms. The lowest BCUT2D eigenvalue weighted by atomic mass is 9.98. The Balaban J connectivity index is 0.00000272. The summed E-state index contributed by atoms with van der Waals surface area (Å²) in [5.41, 5.74) is 12.9. The van der Waals surface area contributed by atoms with Gasteiger partial charge in [0, 0.05) is 24.6 Å². The molecule has 1 aromatic heterocycles. The van der Waals surface area contributed by atoms with Crippen molar-refractivity contribution in [1.29, 1.82) is 0 Å². The molecule has 0 aliphatic rings. The number of anilines is 1. The number of aromatic nitrogens is 2. The fourth-order valence-corrected chi connectivity index (χ4v) is 3.32. The van der Waals surface area contributed by atoms with E-state index in [1.165, 1.54) is 22.3 Å². The number of imidazole rings is 1. The number of guanidine groups is 1. The Morgan fingerprint density at radius 1 is 1.00 bits per heavy atom. The number of nitrogens with two attached hydrogens (primary N) is 1. The van der Waals surface area contributed by atoms with Crippen LogP contribution in [0.25, 0.3) is 11.1 Å². The molecule has 0 aliphatic heterocycles. The molecule has 0 unspecified atom stereocenters. The van der Waals surface area contributed by atoms with Gasteiger partial charge < -0.3 is 15.6 Å². The fraction of sp³-hybridized carbons (Fsp3) is 0.120. The number of benzene rings is 3. The molecular formula is C25H26IN5. The maximum atomic E-state index is 6.10. The summed E-state index contributed by atoms with van der Waals surface area (Å²) < 4.78 is 2.06. The standard InChI is InChI=1S/C25H25N5.HI/c1-19-6-12-23(13-7-19)29-25(26)28-16-22-4-2-3-5-24(22)21-10-8-20(9-11-21)17-30-15-14-27-18-30;/h2-15,18H,16-17H2,1H3,(H3,26,28,29);1H. The van der Waals surface area contributed by atoms with E-state index >= 15 is 0 Å². The minimum Gasteiger partial charge on any atom is -0.370 e. The van der Waals surface area contributed by atoms with Gasteiger partial charge in [-0.15, -0.1) is 24.0 Å². The molecule has 0 fully saturated rings. The van der Waals surface area contributed by atoms with Crippen LogP contribution >= 0.6 is 24.0 Å². The van der Waals surface area contributed by atoms with E-state index in [-0.39, 0.29) is 24.0 Å². The summed E-state index contributed by atoms with van der Waals surface area (Å²) in [6.07, 6.45) is 5.59. The third-order valence-electron chi connectivity index (χ3n) is 4.95. The van der Waals surface area contributed by atoms with Crippen LogP contribution in [0.15, 0.2) is 96.5 Å². The quantitative estimate of drug-likeness (QED) is 0.201. The lowest BCUT2D eigenvalue weighted by molar-refractivity contribution is 0.797. The molecular weight excluding hydrogens is 497 g/mol. The molecule has 0 atom stereocenters. The van der Waals surface area contributed by atoms with Crippen molar-refractivity contribution in [3.63, 3.8) is 0 Å². The molecule has 0 saturated carbocycles. The number of hydrogen-bond donors (Lipinski definition) is 2. The van der Waals surface area contributed by atoms with Gasteiger partial charge >= 0.3 is 0 Å². The third kappa shape index (κ3) is 6.18. The van der Waals surface area contributed by atoms with Crippen molar-refractivity contribution in [2.45, 2.75) is 20.0 Å². The monoisotopic (exact) mass is 523 g/mol. The molecule has 31 heavy (non-hydrogen) atoms. The van der Waals surface area contributed by atoms with Gasteiger partial charge in [-0.25, -0.2) is 9.98 Å². The molecule has 3 aromatic carbocycles. The van der Waals surface area contributed by atoms with Gasteiger partial charge in [-0.1, -0.05) is 66.2 Å². The van der Waals surface area contributed by atoms with Gasteiger partial charge in [0.2, 0.25) is 0 Å². The first kappa shape index (κ1) is 22.6. The van der Waals surface area contributed by atoms with E-state index in [1.54, 1.807) is 6.20 Å². The average molecular weight is 523 g/mol. The predicted molar refractivity (Wildman–Crippen MR) is 139 cm³/mol. The van der Waals surface area contributed by atoms with Crippen molar-refractivity contribution >= 4 is 35.6 Å². The molecule has 0 spiro atoms. The first-order valence-corrected chi connectivity index (χ1v) is 9.94. The zero-order valence-electron chi connectivity index (χ0n) is 17.4. The van der Waals surface area contributed by atoms with E-state index in [1.807, 2.05) is 42.9 Å². The molecule has 5 nitrogen and oxygen atoms in total. The summed E-state index contributed by atoms with van der Waals surface area (Å²) in [5, 5.41) is 3.15. The van der Waals surface area contributed by atoms with Gasteiger partial charge in [-0.05, 0) is 41.3 Å². The highest BCUT2D eigenvalue weighted by atomic mass is 127. The number of rotatable bonds is 6. The lowest BCUT2D eigenvalue weighted by Crippen LogP contribution is -2.22. The summed E-state index contributed by atoms with van der Waals surface area (Å²) >= 11 is 0. The molecule has 4 aromatic rings. The number of nitrogens with zero attached hydrogens (tertiary/aromatic N) is 3. The van der Waals surface area contributed by atoms with Gasteiger partial charge in [0.15, 0.2) is 5.96 Å². The Kier molecular flexibility index (Phi) is 7.83. The van der Waals surface area contributed by atoms with Crippen molar-refractivity contribution in [3.05, 3.63) is 108 Å². The van der Waals surface area contributed by atoms with E-state index in [9.17, 15) is 0 Å². The van der Waals surface area contributed by atoms with Crippen molar-refractivity contribution in [2.24, 2.45) is 10.7 Å². The number of halogens is 1. The second kappa shape index (κ2) is 10.8. The second-order valence-electron chi connectivity index (χ2n) is 7.28. The molecule has 0 bridgehead atoms. The van der Waals surface area contributed by atoms with Crippen molar-refractivity contribution in [3.8, 4) is 11.1 Å². The Hall–Kier alpha value is -3.13. The van der Waals surface area contributed by atoms with Gasteiger partial charge in [0.05, 0.1) is 12.9 Å². The predicted octanol–water partition coefficient (Wildman–Crippen LogP) is 5.45. The summed E-state index contributed by atoms with van der Waals surface area (Å²) in [6.45, 7) is 3.38. The summed E-state index contributed by atoms with van der Waals surface area (Å²) in [5.74, 6) is 0.407. The first-order chi connectivity index (χ1) is 14.7. The molecule has 0 aliphatic carbocycles. The normalized spacial score (nSPS) is 11.1. The number of hydrogen-bond acceptors (Lipinski definition) is 2. The van der Waals surface area contributed by atoms with Crippen LogP contribution < -0.4 is 11.1 Å². The Labute approximate surface area is 200 Å². The molecule has 0 radical (unpaired) electrons. The highest BCUT2D eigenvalue weighted by Crippen LogP contribution is 2.25. The van der Waals surface area contributed by atoms with E-state index in [4.69, 9.17) is 5.73 Å². The number of aryl methyl sites for hydroxylation is 1. The maximum absolute atomic E-state index is 6.10. The second-order valence-corrected chi connectivity index (χ2v) is 7.28. The van der Waals surface area contributed by atoms with Crippen LogP contribution in [0.2, 0.25) is 0 Å². The third-order valence-corrected chi connectivity index (χ3v) is 4.95. The summed E-state index contributed by atoms with van der Waals surface area (Å²) in [4.78, 5) is 8.63. The van der Waals surface area contributed by atoms with Gasteiger partial charge in [-0.3, -0.25) is 0 Å². The largest absolute Gasteiger partial charge is 0.370 e. The van der Waals surface area contributed by atoms with E-state index in [0.717, 1.165) is 17.8 Å². The lowest BCUT2D eigenvalue weighted by Gasteiger charge is -2.10. The molecule has 4 rings (SSSR count). The number of nitrogens with one attached hydrogen (secondary N) is 1. The highest BCUT2D eigenvalue weighted by Gasteiger charge is 2.05. The molecule has 0 saturated heterocycles. The van der Waals surface area contributed by atoms with Crippen LogP contribution in [0.5, 0.6) is 0 Å². The van der Waals surface area contributed by atoms with E-state index < -0.39 is 0 Å². The zero-order valence-corrected chi connectivity index (χ0v) is 19.7. The van der Waals surface area contributed by atoms with Crippen molar-refractivity contribution in [2.75, 3.05) is 5.32 Å². The minimum atomic E-state index is 0.